The molecule has 0 aliphatic carbocycles. The standard InChI is InChI=1S/C12H15BrO2/c1-8-6-7-15-12(8)11(14)9-2-4-10(13)5-3-9/h2-5,8,11-12,14H,6-7H2,1H3. The van der Waals surface area contributed by atoms with Crippen molar-refractivity contribution in [1.82, 2.24) is 0 Å². The van der Waals surface area contributed by atoms with Crippen LogP contribution in [0.4, 0.5) is 0 Å². The van der Waals surface area contributed by atoms with E-state index in [-0.39, 0.29) is 6.10 Å². The van der Waals surface area contributed by atoms with Gasteiger partial charge in [-0.15, -0.1) is 0 Å². The smallest absolute Gasteiger partial charge is 0.105 e. The summed E-state index contributed by atoms with van der Waals surface area (Å²) in [6, 6.07) is 7.75. The van der Waals surface area contributed by atoms with Crippen molar-refractivity contribution in [2.24, 2.45) is 5.92 Å². The maximum Gasteiger partial charge on any atom is 0.105 e. The van der Waals surface area contributed by atoms with E-state index in [4.69, 9.17) is 4.74 Å². The molecule has 2 nitrogen and oxygen atoms in total. The molecular weight excluding hydrogens is 256 g/mol. The molecule has 82 valence electrons. The summed E-state index contributed by atoms with van der Waals surface area (Å²) in [5.74, 6) is 0.434. The van der Waals surface area contributed by atoms with E-state index >= 15 is 0 Å². The maximum atomic E-state index is 10.1. The molecule has 2 rings (SSSR count). The molecule has 1 aliphatic rings. The van der Waals surface area contributed by atoms with Gasteiger partial charge in [-0.1, -0.05) is 35.0 Å². The molecule has 15 heavy (non-hydrogen) atoms. The van der Waals surface area contributed by atoms with Crippen molar-refractivity contribution in [3.8, 4) is 0 Å². The zero-order chi connectivity index (χ0) is 10.8. The Bertz CT molecular complexity index is 323. The molecule has 1 aliphatic heterocycles. The van der Waals surface area contributed by atoms with Gasteiger partial charge in [-0.3, -0.25) is 0 Å². The molecule has 0 saturated carbocycles. The molecule has 1 saturated heterocycles. The van der Waals surface area contributed by atoms with Crippen molar-refractivity contribution in [3.63, 3.8) is 0 Å². The topological polar surface area (TPSA) is 29.5 Å². The van der Waals surface area contributed by atoms with Crippen molar-refractivity contribution < 1.29 is 9.84 Å². The van der Waals surface area contributed by atoms with E-state index in [9.17, 15) is 5.11 Å². The van der Waals surface area contributed by atoms with Crippen molar-refractivity contribution in [2.75, 3.05) is 6.61 Å². The summed E-state index contributed by atoms with van der Waals surface area (Å²) < 4.78 is 6.58. The third-order valence-electron chi connectivity index (χ3n) is 2.97. The third kappa shape index (κ3) is 2.41. The van der Waals surface area contributed by atoms with Crippen LogP contribution in [-0.4, -0.2) is 17.8 Å². The minimum absolute atomic E-state index is 0.0498. The van der Waals surface area contributed by atoms with Crippen LogP contribution in [0.5, 0.6) is 0 Å². The molecule has 1 fully saturated rings. The normalized spacial score (nSPS) is 27.9. The third-order valence-corrected chi connectivity index (χ3v) is 3.50. The zero-order valence-electron chi connectivity index (χ0n) is 8.69. The summed E-state index contributed by atoms with van der Waals surface area (Å²) in [7, 11) is 0. The van der Waals surface area contributed by atoms with Gasteiger partial charge < -0.3 is 9.84 Å². The van der Waals surface area contributed by atoms with Crippen LogP contribution >= 0.6 is 15.9 Å². The lowest BCUT2D eigenvalue weighted by Crippen LogP contribution is -2.22. The summed E-state index contributed by atoms with van der Waals surface area (Å²) in [6.45, 7) is 2.89. The molecule has 1 aromatic rings. The predicted molar refractivity (Wildman–Crippen MR) is 62.6 cm³/mol. The van der Waals surface area contributed by atoms with Gasteiger partial charge in [0.25, 0.3) is 0 Å². The van der Waals surface area contributed by atoms with Gasteiger partial charge in [-0.05, 0) is 30.0 Å². The van der Waals surface area contributed by atoms with E-state index < -0.39 is 6.10 Å². The second-order valence-electron chi connectivity index (χ2n) is 4.10. The Morgan fingerprint density at radius 2 is 2.07 bits per heavy atom. The molecule has 1 aromatic carbocycles. The van der Waals surface area contributed by atoms with Gasteiger partial charge in [0.2, 0.25) is 0 Å². The average Bonchev–Trinajstić information content (AvgIpc) is 2.65. The first kappa shape index (κ1) is 11.1. The first-order valence-corrected chi connectivity index (χ1v) is 6.03. The molecule has 0 bridgehead atoms. The summed E-state index contributed by atoms with van der Waals surface area (Å²) in [5, 5.41) is 10.1. The van der Waals surface area contributed by atoms with Gasteiger partial charge in [0.15, 0.2) is 0 Å². The fourth-order valence-electron chi connectivity index (χ4n) is 1.97. The molecule has 1 heterocycles. The van der Waals surface area contributed by atoms with Gasteiger partial charge in [0.05, 0.1) is 6.10 Å². The van der Waals surface area contributed by atoms with E-state index in [2.05, 4.69) is 22.9 Å². The van der Waals surface area contributed by atoms with E-state index in [0.717, 1.165) is 23.1 Å². The van der Waals surface area contributed by atoms with Gasteiger partial charge >= 0.3 is 0 Å². The van der Waals surface area contributed by atoms with Crippen LogP contribution in [0.15, 0.2) is 28.7 Å². The molecule has 3 heteroatoms. The lowest BCUT2D eigenvalue weighted by atomic mass is 9.95. The highest BCUT2D eigenvalue weighted by Gasteiger charge is 2.31. The Morgan fingerprint density at radius 1 is 1.40 bits per heavy atom. The first-order chi connectivity index (χ1) is 7.18. The van der Waals surface area contributed by atoms with Crippen molar-refractivity contribution in [2.45, 2.75) is 25.6 Å². The van der Waals surface area contributed by atoms with Crippen LogP contribution in [0.25, 0.3) is 0 Å². The quantitative estimate of drug-likeness (QED) is 0.896. The largest absolute Gasteiger partial charge is 0.386 e. The van der Waals surface area contributed by atoms with Crippen LogP contribution in [0.2, 0.25) is 0 Å². The molecule has 3 atom stereocenters. The van der Waals surface area contributed by atoms with E-state index in [1.54, 1.807) is 0 Å². The van der Waals surface area contributed by atoms with E-state index in [1.807, 2.05) is 24.3 Å². The highest BCUT2D eigenvalue weighted by molar-refractivity contribution is 9.10. The fraction of sp³-hybridized carbons (Fsp3) is 0.500. The van der Waals surface area contributed by atoms with Crippen LogP contribution in [0.1, 0.15) is 25.0 Å². The highest BCUT2D eigenvalue weighted by atomic mass is 79.9. The van der Waals surface area contributed by atoms with E-state index in [1.165, 1.54) is 0 Å². The summed E-state index contributed by atoms with van der Waals surface area (Å²) in [4.78, 5) is 0. The van der Waals surface area contributed by atoms with Crippen LogP contribution in [0, 0.1) is 5.92 Å². The zero-order valence-corrected chi connectivity index (χ0v) is 10.3. The molecular formula is C12H15BrO2. The van der Waals surface area contributed by atoms with Gasteiger partial charge in [0.1, 0.15) is 6.10 Å². The summed E-state index contributed by atoms with van der Waals surface area (Å²) in [6.07, 6.45) is 0.486. The van der Waals surface area contributed by atoms with Gasteiger partial charge in [0, 0.05) is 11.1 Å². The number of hydrogen-bond acceptors (Lipinski definition) is 2. The maximum absolute atomic E-state index is 10.1. The molecule has 0 amide bonds. The van der Waals surface area contributed by atoms with Gasteiger partial charge in [-0.2, -0.15) is 0 Å². The Morgan fingerprint density at radius 3 is 2.60 bits per heavy atom. The summed E-state index contributed by atoms with van der Waals surface area (Å²) in [5.41, 5.74) is 0.928. The fourth-order valence-corrected chi connectivity index (χ4v) is 2.23. The highest BCUT2D eigenvalue weighted by Crippen LogP contribution is 2.31. The first-order valence-electron chi connectivity index (χ1n) is 5.23. The minimum atomic E-state index is -0.504. The number of ether oxygens (including phenoxy) is 1. The Kier molecular flexibility index (Phi) is 3.44. The lowest BCUT2D eigenvalue weighted by Gasteiger charge is -2.21. The number of aliphatic hydroxyl groups excluding tert-OH is 1. The van der Waals surface area contributed by atoms with Crippen molar-refractivity contribution >= 4 is 15.9 Å². The number of benzene rings is 1. The lowest BCUT2D eigenvalue weighted by molar-refractivity contribution is -0.0178. The SMILES string of the molecule is CC1CCOC1C(O)c1ccc(Br)cc1. The van der Waals surface area contributed by atoms with Crippen molar-refractivity contribution in [1.29, 1.82) is 0 Å². The number of hydrogen-bond donors (Lipinski definition) is 1. The molecule has 0 spiro atoms. The number of halogens is 1. The minimum Gasteiger partial charge on any atom is -0.386 e. The number of rotatable bonds is 2. The monoisotopic (exact) mass is 270 g/mol. The number of aliphatic hydroxyl groups is 1. The van der Waals surface area contributed by atoms with Gasteiger partial charge in [-0.25, -0.2) is 0 Å². The van der Waals surface area contributed by atoms with Crippen LogP contribution in [-0.2, 0) is 4.74 Å². The predicted octanol–water partition coefficient (Wildman–Crippen LogP) is 2.91. The average molecular weight is 271 g/mol. The van der Waals surface area contributed by atoms with Crippen LogP contribution < -0.4 is 0 Å². The molecule has 3 unspecified atom stereocenters. The second-order valence-corrected chi connectivity index (χ2v) is 5.01. The van der Waals surface area contributed by atoms with Crippen molar-refractivity contribution in [3.05, 3.63) is 34.3 Å². The van der Waals surface area contributed by atoms with Crippen LogP contribution in [0.3, 0.4) is 0 Å². The summed E-state index contributed by atoms with van der Waals surface area (Å²) >= 11 is 3.38. The second kappa shape index (κ2) is 4.64. The molecule has 0 aromatic heterocycles. The Balaban J connectivity index is 2.13. The molecule has 0 radical (unpaired) electrons. The molecule has 1 N–H and O–H groups in total. The van der Waals surface area contributed by atoms with E-state index in [0.29, 0.717) is 5.92 Å². The Hall–Kier alpha value is -0.380. The Labute approximate surface area is 98.4 Å².